The van der Waals surface area contributed by atoms with Crippen molar-refractivity contribution in [2.75, 3.05) is 6.54 Å². The van der Waals surface area contributed by atoms with E-state index in [2.05, 4.69) is 5.32 Å². The minimum Gasteiger partial charge on any atom is -0.392 e. The molecule has 1 aromatic carbocycles. The Balaban J connectivity index is 1.77. The van der Waals surface area contributed by atoms with Gasteiger partial charge in [-0.15, -0.1) is 0 Å². The van der Waals surface area contributed by atoms with Gasteiger partial charge in [0.05, 0.1) is 6.61 Å². The molecule has 20 heavy (non-hydrogen) atoms. The van der Waals surface area contributed by atoms with Gasteiger partial charge in [0.15, 0.2) is 0 Å². The summed E-state index contributed by atoms with van der Waals surface area (Å²) in [6.45, 7) is 1.35. The number of carbonyl (C=O) groups excluding carboxylic acids is 1. The molecule has 2 rings (SSSR count). The van der Waals surface area contributed by atoms with Crippen LogP contribution in [-0.2, 0) is 17.9 Å². The van der Waals surface area contributed by atoms with Crippen LogP contribution in [0.15, 0.2) is 24.3 Å². The third kappa shape index (κ3) is 4.05. The van der Waals surface area contributed by atoms with Crippen molar-refractivity contribution >= 4 is 5.91 Å². The molecule has 110 valence electrons. The van der Waals surface area contributed by atoms with Crippen LogP contribution >= 0.6 is 0 Å². The molecular weight excluding hydrogens is 252 g/mol. The summed E-state index contributed by atoms with van der Waals surface area (Å²) in [5.41, 5.74) is 7.62. The molecule has 0 bridgehead atoms. The van der Waals surface area contributed by atoms with Gasteiger partial charge in [0.25, 0.3) is 0 Å². The number of nitrogens with one attached hydrogen (secondary N) is 1. The lowest BCUT2D eigenvalue weighted by Gasteiger charge is -2.26. The fraction of sp³-hybridized carbons (Fsp3) is 0.562. The lowest BCUT2D eigenvalue weighted by atomic mass is 9.81. The molecule has 1 saturated carbocycles. The number of rotatable bonds is 5. The van der Waals surface area contributed by atoms with Crippen LogP contribution in [0, 0.1) is 11.8 Å². The summed E-state index contributed by atoms with van der Waals surface area (Å²) in [7, 11) is 0. The molecule has 0 radical (unpaired) electrons. The number of hydrogen-bond donors (Lipinski definition) is 3. The van der Waals surface area contributed by atoms with E-state index >= 15 is 0 Å². The molecule has 1 amide bonds. The van der Waals surface area contributed by atoms with Crippen molar-refractivity contribution in [1.82, 2.24) is 5.32 Å². The van der Waals surface area contributed by atoms with E-state index in [-0.39, 0.29) is 18.4 Å². The number of aliphatic hydroxyl groups excluding tert-OH is 1. The fourth-order valence-electron chi connectivity index (χ4n) is 2.76. The van der Waals surface area contributed by atoms with Crippen molar-refractivity contribution in [1.29, 1.82) is 0 Å². The second-order valence-corrected chi connectivity index (χ2v) is 5.65. The molecule has 4 heteroatoms. The standard InChI is InChI=1S/C16H24N2O2/c17-9-12-5-7-15(8-6-12)16(20)18-10-13-1-3-14(11-19)4-2-13/h1-4,12,15,19H,5-11,17H2,(H,18,20). The quantitative estimate of drug-likeness (QED) is 0.764. The van der Waals surface area contributed by atoms with E-state index in [0.717, 1.165) is 43.4 Å². The van der Waals surface area contributed by atoms with Crippen LogP contribution in [0.5, 0.6) is 0 Å². The van der Waals surface area contributed by atoms with Gasteiger partial charge in [0, 0.05) is 12.5 Å². The number of amides is 1. The Morgan fingerprint density at radius 2 is 1.75 bits per heavy atom. The van der Waals surface area contributed by atoms with E-state index in [1.165, 1.54) is 0 Å². The van der Waals surface area contributed by atoms with Crippen LogP contribution in [0.1, 0.15) is 36.8 Å². The highest BCUT2D eigenvalue weighted by atomic mass is 16.3. The van der Waals surface area contributed by atoms with Gasteiger partial charge < -0.3 is 16.2 Å². The smallest absolute Gasteiger partial charge is 0.223 e. The van der Waals surface area contributed by atoms with Gasteiger partial charge in [-0.05, 0) is 49.3 Å². The molecule has 0 spiro atoms. The Morgan fingerprint density at radius 3 is 2.30 bits per heavy atom. The molecule has 0 heterocycles. The van der Waals surface area contributed by atoms with E-state index in [1.807, 2.05) is 24.3 Å². The summed E-state index contributed by atoms with van der Waals surface area (Å²) < 4.78 is 0. The Hall–Kier alpha value is -1.39. The summed E-state index contributed by atoms with van der Waals surface area (Å²) >= 11 is 0. The Bertz CT molecular complexity index is 423. The lowest BCUT2D eigenvalue weighted by molar-refractivity contribution is -0.126. The van der Waals surface area contributed by atoms with Crippen molar-refractivity contribution in [2.45, 2.75) is 38.8 Å². The average Bonchev–Trinajstić information content (AvgIpc) is 2.53. The SMILES string of the molecule is NCC1CCC(C(=O)NCc2ccc(CO)cc2)CC1. The van der Waals surface area contributed by atoms with E-state index in [0.29, 0.717) is 12.5 Å². The summed E-state index contributed by atoms with van der Waals surface area (Å²) in [6, 6.07) is 7.65. The highest BCUT2D eigenvalue weighted by Gasteiger charge is 2.25. The average molecular weight is 276 g/mol. The highest BCUT2D eigenvalue weighted by Crippen LogP contribution is 2.28. The summed E-state index contributed by atoms with van der Waals surface area (Å²) in [6.07, 6.45) is 4.05. The molecule has 0 aliphatic heterocycles. The zero-order valence-corrected chi connectivity index (χ0v) is 11.8. The summed E-state index contributed by atoms with van der Waals surface area (Å²) in [4.78, 5) is 12.1. The van der Waals surface area contributed by atoms with Crippen molar-refractivity contribution in [3.63, 3.8) is 0 Å². The lowest BCUT2D eigenvalue weighted by Crippen LogP contribution is -2.33. The minimum absolute atomic E-state index is 0.0526. The number of benzene rings is 1. The second kappa shape index (κ2) is 7.41. The fourth-order valence-corrected chi connectivity index (χ4v) is 2.76. The molecule has 1 aromatic rings. The number of aliphatic hydroxyl groups is 1. The molecule has 4 N–H and O–H groups in total. The maximum Gasteiger partial charge on any atom is 0.223 e. The zero-order valence-electron chi connectivity index (χ0n) is 11.8. The molecule has 1 aliphatic rings. The molecule has 0 atom stereocenters. The first-order chi connectivity index (χ1) is 9.72. The maximum absolute atomic E-state index is 12.1. The molecule has 1 aliphatic carbocycles. The van der Waals surface area contributed by atoms with Gasteiger partial charge in [0.1, 0.15) is 0 Å². The van der Waals surface area contributed by atoms with Crippen LogP contribution in [0.3, 0.4) is 0 Å². The van der Waals surface area contributed by atoms with E-state index in [9.17, 15) is 4.79 Å². The summed E-state index contributed by atoms with van der Waals surface area (Å²) in [5.74, 6) is 0.909. The highest BCUT2D eigenvalue weighted by molar-refractivity contribution is 5.78. The molecule has 0 saturated heterocycles. The number of nitrogens with two attached hydrogens (primary N) is 1. The van der Waals surface area contributed by atoms with E-state index < -0.39 is 0 Å². The van der Waals surface area contributed by atoms with Gasteiger partial charge in [0.2, 0.25) is 5.91 Å². The Labute approximate surface area is 120 Å². The van der Waals surface area contributed by atoms with Crippen molar-refractivity contribution in [3.8, 4) is 0 Å². The third-order valence-corrected chi connectivity index (χ3v) is 4.22. The van der Waals surface area contributed by atoms with Crippen molar-refractivity contribution < 1.29 is 9.90 Å². The molecular formula is C16H24N2O2. The first-order valence-corrected chi connectivity index (χ1v) is 7.39. The maximum atomic E-state index is 12.1. The van der Waals surface area contributed by atoms with Gasteiger partial charge >= 0.3 is 0 Å². The van der Waals surface area contributed by atoms with Crippen LogP contribution in [-0.4, -0.2) is 17.6 Å². The monoisotopic (exact) mass is 276 g/mol. The van der Waals surface area contributed by atoms with Crippen LogP contribution < -0.4 is 11.1 Å². The second-order valence-electron chi connectivity index (χ2n) is 5.65. The largest absolute Gasteiger partial charge is 0.392 e. The number of carbonyl (C=O) groups is 1. The first-order valence-electron chi connectivity index (χ1n) is 7.39. The van der Waals surface area contributed by atoms with Gasteiger partial charge in [-0.3, -0.25) is 4.79 Å². The van der Waals surface area contributed by atoms with Gasteiger partial charge in [-0.25, -0.2) is 0 Å². The van der Waals surface area contributed by atoms with Crippen LogP contribution in [0.2, 0.25) is 0 Å². The normalized spacial score (nSPS) is 22.5. The minimum atomic E-state index is 0.0526. The van der Waals surface area contributed by atoms with Crippen LogP contribution in [0.25, 0.3) is 0 Å². The molecule has 0 aromatic heterocycles. The third-order valence-electron chi connectivity index (χ3n) is 4.22. The van der Waals surface area contributed by atoms with E-state index in [1.54, 1.807) is 0 Å². The Kier molecular flexibility index (Phi) is 5.56. The number of hydrogen-bond acceptors (Lipinski definition) is 3. The Morgan fingerprint density at radius 1 is 1.15 bits per heavy atom. The first kappa shape index (κ1) is 15.0. The van der Waals surface area contributed by atoms with Gasteiger partial charge in [-0.1, -0.05) is 24.3 Å². The topological polar surface area (TPSA) is 75.4 Å². The molecule has 4 nitrogen and oxygen atoms in total. The predicted octanol–water partition coefficient (Wildman–Crippen LogP) is 1.56. The van der Waals surface area contributed by atoms with Crippen molar-refractivity contribution in [2.24, 2.45) is 17.6 Å². The zero-order chi connectivity index (χ0) is 14.4. The predicted molar refractivity (Wildman–Crippen MR) is 78.7 cm³/mol. The molecule has 0 unspecified atom stereocenters. The van der Waals surface area contributed by atoms with E-state index in [4.69, 9.17) is 10.8 Å². The van der Waals surface area contributed by atoms with Crippen LogP contribution in [0.4, 0.5) is 0 Å². The van der Waals surface area contributed by atoms with Gasteiger partial charge in [-0.2, -0.15) is 0 Å². The summed E-state index contributed by atoms with van der Waals surface area (Å²) in [5, 5.41) is 12.0. The van der Waals surface area contributed by atoms with Crippen molar-refractivity contribution in [3.05, 3.63) is 35.4 Å². The molecule has 1 fully saturated rings.